The van der Waals surface area contributed by atoms with Crippen molar-refractivity contribution in [2.24, 2.45) is 0 Å². The molecule has 146 valence electrons. The second-order valence-corrected chi connectivity index (χ2v) is 6.68. The first-order valence-electron chi connectivity index (χ1n) is 9.15. The van der Waals surface area contributed by atoms with Crippen molar-refractivity contribution in [3.05, 3.63) is 53.1 Å². The minimum absolute atomic E-state index is 0.158. The van der Waals surface area contributed by atoms with Gasteiger partial charge < -0.3 is 19.5 Å². The van der Waals surface area contributed by atoms with Crippen molar-refractivity contribution in [2.75, 3.05) is 14.2 Å². The Balaban J connectivity index is 2.14. The number of nitrogens with one attached hydrogen (secondary N) is 1. The number of carbonyl (C=O) groups excluding carboxylic acids is 1. The summed E-state index contributed by atoms with van der Waals surface area (Å²) in [5, 5.41) is 3.02. The van der Waals surface area contributed by atoms with E-state index >= 15 is 0 Å². The molecule has 2 rings (SSSR count). The maximum atomic E-state index is 12.8. The molecule has 5 heteroatoms. The Morgan fingerprint density at radius 2 is 1.67 bits per heavy atom. The van der Waals surface area contributed by atoms with Gasteiger partial charge in [-0.05, 0) is 68.7 Å². The van der Waals surface area contributed by atoms with Gasteiger partial charge in [-0.1, -0.05) is 13.0 Å². The highest BCUT2D eigenvalue weighted by Crippen LogP contribution is 2.29. The third-order valence-corrected chi connectivity index (χ3v) is 4.40. The number of benzene rings is 2. The maximum absolute atomic E-state index is 12.8. The van der Waals surface area contributed by atoms with E-state index in [0.29, 0.717) is 23.7 Å². The molecule has 0 unspecified atom stereocenters. The van der Waals surface area contributed by atoms with Crippen LogP contribution in [0.25, 0.3) is 0 Å². The van der Waals surface area contributed by atoms with Crippen LogP contribution in [0.4, 0.5) is 0 Å². The largest absolute Gasteiger partial charge is 0.497 e. The number of aryl methyl sites for hydroxylation is 2. The molecular formula is C22H29NO4. The highest BCUT2D eigenvalue weighted by Gasteiger charge is 2.22. The van der Waals surface area contributed by atoms with E-state index in [-0.39, 0.29) is 11.9 Å². The Bertz CT molecular complexity index is 768. The monoisotopic (exact) mass is 371 g/mol. The molecule has 1 amide bonds. The van der Waals surface area contributed by atoms with Gasteiger partial charge in [0.1, 0.15) is 17.2 Å². The van der Waals surface area contributed by atoms with Gasteiger partial charge in [0.2, 0.25) is 0 Å². The second-order valence-electron chi connectivity index (χ2n) is 6.68. The smallest absolute Gasteiger partial charge is 0.261 e. The minimum Gasteiger partial charge on any atom is -0.497 e. The Kier molecular flexibility index (Phi) is 7.11. The first-order chi connectivity index (χ1) is 12.9. The van der Waals surface area contributed by atoms with Crippen LogP contribution in [0.15, 0.2) is 36.4 Å². The van der Waals surface area contributed by atoms with Gasteiger partial charge in [-0.3, -0.25) is 4.79 Å². The van der Waals surface area contributed by atoms with Crippen molar-refractivity contribution in [1.82, 2.24) is 5.32 Å². The van der Waals surface area contributed by atoms with Gasteiger partial charge in [0.15, 0.2) is 6.10 Å². The summed E-state index contributed by atoms with van der Waals surface area (Å²) in [6, 6.07) is 11.2. The molecule has 0 aliphatic heterocycles. The number of rotatable bonds is 8. The summed E-state index contributed by atoms with van der Waals surface area (Å²) in [5.41, 5.74) is 3.07. The van der Waals surface area contributed by atoms with Crippen LogP contribution in [0.5, 0.6) is 17.2 Å². The number of ether oxygens (including phenoxy) is 3. The molecule has 1 N–H and O–H groups in total. The highest BCUT2D eigenvalue weighted by molar-refractivity contribution is 5.81. The molecule has 2 aromatic carbocycles. The average Bonchev–Trinajstić information content (AvgIpc) is 2.64. The quantitative estimate of drug-likeness (QED) is 0.749. The van der Waals surface area contributed by atoms with E-state index in [1.54, 1.807) is 14.2 Å². The zero-order valence-corrected chi connectivity index (χ0v) is 17.0. The van der Waals surface area contributed by atoms with Gasteiger partial charge in [0.05, 0.1) is 20.3 Å². The molecule has 0 aromatic heterocycles. The summed E-state index contributed by atoms with van der Waals surface area (Å²) < 4.78 is 16.7. The van der Waals surface area contributed by atoms with Crippen molar-refractivity contribution >= 4 is 5.91 Å². The number of amides is 1. The first-order valence-corrected chi connectivity index (χ1v) is 9.15. The molecule has 0 bridgehead atoms. The van der Waals surface area contributed by atoms with E-state index in [2.05, 4.69) is 11.4 Å². The van der Waals surface area contributed by atoms with Crippen LogP contribution in [0.1, 0.15) is 43.0 Å². The lowest BCUT2D eigenvalue weighted by molar-refractivity contribution is -0.128. The Morgan fingerprint density at radius 1 is 1.00 bits per heavy atom. The van der Waals surface area contributed by atoms with Gasteiger partial charge in [0, 0.05) is 5.56 Å². The average molecular weight is 371 g/mol. The van der Waals surface area contributed by atoms with E-state index in [1.807, 2.05) is 58.0 Å². The van der Waals surface area contributed by atoms with E-state index in [0.717, 1.165) is 16.7 Å². The Hall–Kier alpha value is -2.69. The summed E-state index contributed by atoms with van der Waals surface area (Å²) in [6.45, 7) is 7.87. The van der Waals surface area contributed by atoms with Crippen molar-refractivity contribution in [2.45, 2.75) is 46.3 Å². The predicted octanol–water partition coefficient (Wildman–Crippen LogP) is 4.36. The van der Waals surface area contributed by atoms with Crippen LogP contribution in [-0.4, -0.2) is 26.2 Å². The number of methoxy groups -OCH3 is 2. The third kappa shape index (κ3) is 5.39. The van der Waals surface area contributed by atoms with E-state index in [9.17, 15) is 4.79 Å². The van der Waals surface area contributed by atoms with Gasteiger partial charge in [0.25, 0.3) is 5.91 Å². The minimum atomic E-state index is -0.565. The van der Waals surface area contributed by atoms with Crippen molar-refractivity contribution in [3.8, 4) is 17.2 Å². The first kappa shape index (κ1) is 20.6. The fraction of sp³-hybridized carbons (Fsp3) is 0.409. The third-order valence-electron chi connectivity index (χ3n) is 4.40. The molecule has 5 nitrogen and oxygen atoms in total. The number of carbonyl (C=O) groups is 1. The molecule has 0 radical (unpaired) electrons. The fourth-order valence-corrected chi connectivity index (χ4v) is 3.05. The van der Waals surface area contributed by atoms with E-state index < -0.39 is 6.10 Å². The fourth-order valence-electron chi connectivity index (χ4n) is 3.05. The van der Waals surface area contributed by atoms with Crippen molar-refractivity contribution in [3.63, 3.8) is 0 Å². The van der Waals surface area contributed by atoms with Crippen LogP contribution in [0.3, 0.4) is 0 Å². The summed E-state index contributed by atoms with van der Waals surface area (Å²) >= 11 is 0. The maximum Gasteiger partial charge on any atom is 0.261 e. The zero-order valence-electron chi connectivity index (χ0n) is 17.0. The Labute approximate surface area is 161 Å². The van der Waals surface area contributed by atoms with Gasteiger partial charge >= 0.3 is 0 Å². The summed E-state index contributed by atoms with van der Waals surface area (Å²) in [5.74, 6) is 1.97. The van der Waals surface area contributed by atoms with Crippen molar-refractivity contribution in [1.29, 1.82) is 0 Å². The van der Waals surface area contributed by atoms with Gasteiger partial charge in [-0.2, -0.15) is 0 Å². The van der Waals surface area contributed by atoms with Gasteiger partial charge in [-0.15, -0.1) is 0 Å². The van der Waals surface area contributed by atoms with E-state index in [4.69, 9.17) is 14.2 Å². The molecule has 0 fully saturated rings. The molecule has 0 aliphatic rings. The molecule has 2 atom stereocenters. The normalized spacial score (nSPS) is 12.8. The topological polar surface area (TPSA) is 56.8 Å². The van der Waals surface area contributed by atoms with Crippen LogP contribution in [0.2, 0.25) is 0 Å². The summed E-state index contributed by atoms with van der Waals surface area (Å²) in [4.78, 5) is 12.8. The lowest BCUT2D eigenvalue weighted by Crippen LogP contribution is -2.39. The number of hydrogen-bond acceptors (Lipinski definition) is 4. The highest BCUT2D eigenvalue weighted by atomic mass is 16.5. The van der Waals surface area contributed by atoms with Crippen LogP contribution in [0, 0.1) is 13.8 Å². The second kappa shape index (κ2) is 9.31. The SMILES string of the molecule is CC[C@H](Oc1cc(C)cc(C)c1)C(=O)N[C@@H](C)c1cc(OC)ccc1OC. The van der Waals surface area contributed by atoms with E-state index in [1.165, 1.54) is 0 Å². The van der Waals surface area contributed by atoms with Crippen LogP contribution >= 0.6 is 0 Å². The standard InChI is InChI=1S/C22H29NO4/c1-7-20(27-18-11-14(2)10-15(3)12-18)22(24)23-16(4)19-13-17(25-5)8-9-21(19)26-6/h8-13,16,20H,7H2,1-6H3,(H,23,24)/t16-,20-/m0/s1. The van der Waals surface area contributed by atoms with Crippen LogP contribution < -0.4 is 19.5 Å². The lowest BCUT2D eigenvalue weighted by atomic mass is 10.1. The lowest BCUT2D eigenvalue weighted by Gasteiger charge is -2.22. The zero-order chi connectivity index (χ0) is 20.0. The molecule has 2 aromatic rings. The number of hydrogen-bond donors (Lipinski definition) is 1. The molecule has 0 spiro atoms. The summed E-state index contributed by atoms with van der Waals surface area (Å²) in [6.07, 6.45) is 0.00565. The summed E-state index contributed by atoms with van der Waals surface area (Å²) in [7, 11) is 3.22. The van der Waals surface area contributed by atoms with Crippen LogP contribution in [-0.2, 0) is 4.79 Å². The molecule has 0 heterocycles. The Morgan fingerprint density at radius 3 is 2.22 bits per heavy atom. The predicted molar refractivity (Wildman–Crippen MR) is 107 cm³/mol. The van der Waals surface area contributed by atoms with Crippen molar-refractivity contribution < 1.29 is 19.0 Å². The van der Waals surface area contributed by atoms with Gasteiger partial charge in [-0.25, -0.2) is 0 Å². The molecule has 27 heavy (non-hydrogen) atoms. The molecule has 0 saturated carbocycles. The molecule has 0 saturated heterocycles. The molecule has 0 aliphatic carbocycles. The molecular weight excluding hydrogens is 342 g/mol.